The second-order valence-electron chi connectivity index (χ2n) is 10.9. The number of methoxy groups -OCH3 is 1. The number of alkyl halides is 6. The van der Waals surface area contributed by atoms with Gasteiger partial charge in [-0.3, -0.25) is 9.59 Å². The maximum Gasteiger partial charge on any atom is 0.416 e. The zero-order chi connectivity index (χ0) is 35.1. The number of Topliss-reactive ketones (excluding diaryl/α,β-unsaturated/α-hetero) is 1. The van der Waals surface area contributed by atoms with Crippen LogP contribution < -0.4 is 20.5 Å². The molecule has 0 fully saturated rings. The summed E-state index contributed by atoms with van der Waals surface area (Å²) in [7, 11) is 1.48. The Hall–Kier alpha value is -5.15. The summed E-state index contributed by atoms with van der Waals surface area (Å²) < 4.78 is 94.6. The van der Waals surface area contributed by atoms with Crippen LogP contribution in [0, 0.1) is 6.92 Å². The number of ether oxygens (including phenoxy) is 2. The van der Waals surface area contributed by atoms with Gasteiger partial charge in [0.1, 0.15) is 18.0 Å². The number of ketones is 1. The van der Waals surface area contributed by atoms with E-state index in [9.17, 15) is 27.6 Å². The summed E-state index contributed by atoms with van der Waals surface area (Å²) in [6.07, 6.45) is -12.4. The van der Waals surface area contributed by atoms with E-state index in [-0.39, 0.29) is 30.9 Å². The maximum atomic E-state index is 15.1. The van der Waals surface area contributed by atoms with Crippen molar-refractivity contribution in [1.29, 1.82) is 0 Å². The van der Waals surface area contributed by atoms with Gasteiger partial charge in [0.2, 0.25) is 5.91 Å². The number of nitrogens with one attached hydrogen (secondary N) is 1. The summed E-state index contributed by atoms with van der Waals surface area (Å²) in [6, 6.07) is 16.6. The Labute approximate surface area is 270 Å². The number of hydrogen-bond donors (Lipinski definition) is 1. The lowest BCUT2D eigenvalue weighted by Crippen LogP contribution is -2.58. The molecular formula is C32H31F6N5O5. The summed E-state index contributed by atoms with van der Waals surface area (Å²) in [5, 5.41) is 9.27. The Kier molecular flexibility index (Phi) is 11.0. The first-order valence-electron chi connectivity index (χ1n) is 14.5. The van der Waals surface area contributed by atoms with Gasteiger partial charge < -0.3 is 14.8 Å². The highest BCUT2D eigenvalue weighted by molar-refractivity contribution is 5.97. The summed E-state index contributed by atoms with van der Waals surface area (Å²) in [5.74, 6) is -1.69. The molecule has 1 N–H and O–H groups in total. The van der Waals surface area contributed by atoms with Crippen molar-refractivity contribution in [2.24, 2.45) is 0 Å². The van der Waals surface area contributed by atoms with Gasteiger partial charge in [0.05, 0.1) is 20.3 Å². The first-order chi connectivity index (χ1) is 22.6. The van der Waals surface area contributed by atoms with Gasteiger partial charge in [0.15, 0.2) is 11.3 Å². The van der Waals surface area contributed by atoms with Gasteiger partial charge in [-0.05, 0) is 59.2 Å². The van der Waals surface area contributed by atoms with Gasteiger partial charge in [0.25, 0.3) is 0 Å². The monoisotopic (exact) mass is 679 g/mol. The molecule has 0 spiro atoms. The van der Waals surface area contributed by atoms with Crippen LogP contribution in [0.4, 0.5) is 26.3 Å². The molecule has 48 heavy (non-hydrogen) atoms. The third-order valence-corrected chi connectivity index (χ3v) is 7.34. The van der Waals surface area contributed by atoms with Gasteiger partial charge in [0, 0.05) is 18.4 Å². The van der Waals surface area contributed by atoms with Crippen LogP contribution in [0.3, 0.4) is 0 Å². The van der Waals surface area contributed by atoms with Crippen molar-refractivity contribution in [2.75, 3.05) is 13.7 Å². The number of aromatic nitrogens is 4. The molecule has 0 saturated heterocycles. The summed E-state index contributed by atoms with van der Waals surface area (Å²) in [6.45, 7) is 0.376. The van der Waals surface area contributed by atoms with Crippen molar-refractivity contribution in [3.05, 3.63) is 106 Å². The fourth-order valence-corrected chi connectivity index (χ4v) is 4.76. The van der Waals surface area contributed by atoms with Crippen LogP contribution in [-0.4, -0.2) is 57.6 Å². The SMILES string of the molecule is COc1ccc(Cn2nnn(CC(=O)N[C@@](CC(=O)c3ccc(C)cc3)(c3ccc(OCCCC(F)(F)F)cc3)C(F)(F)F)c2=O)cc1. The van der Waals surface area contributed by atoms with E-state index in [4.69, 9.17) is 9.47 Å². The third-order valence-electron chi connectivity index (χ3n) is 7.34. The molecule has 4 aromatic rings. The second kappa shape index (κ2) is 14.7. The summed E-state index contributed by atoms with van der Waals surface area (Å²) in [5.41, 5.74) is -3.36. The van der Waals surface area contributed by atoms with Crippen molar-refractivity contribution in [1.82, 2.24) is 25.1 Å². The number of rotatable bonds is 14. The number of aryl methyl sites for hydroxylation is 1. The molecule has 0 aliphatic carbocycles. The lowest BCUT2D eigenvalue weighted by atomic mass is 9.82. The number of amides is 1. The number of carbonyl (C=O) groups excluding carboxylic acids is 2. The van der Waals surface area contributed by atoms with E-state index in [0.29, 0.717) is 16.0 Å². The molecule has 0 radical (unpaired) electrons. The van der Waals surface area contributed by atoms with E-state index in [1.807, 2.05) is 5.32 Å². The van der Waals surface area contributed by atoms with Crippen molar-refractivity contribution < 1.29 is 45.4 Å². The van der Waals surface area contributed by atoms with E-state index in [1.165, 1.54) is 19.2 Å². The molecular weight excluding hydrogens is 648 g/mol. The highest BCUT2D eigenvalue weighted by atomic mass is 19.4. The first kappa shape index (κ1) is 35.7. The van der Waals surface area contributed by atoms with Crippen molar-refractivity contribution in [3.8, 4) is 11.5 Å². The van der Waals surface area contributed by atoms with Gasteiger partial charge in [-0.15, -0.1) is 0 Å². The Morgan fingerprint density at radius 2 is 1.44 bits per heavy atom. The molecule has 10 nitrogen and oxygen atoms in total. The zero-order valence-electron chi connectivity index (χ0n) is 25.8. The number of carbonyl (C=O) groups is 2. The highest BCUT2D eigenvalue weighted by Gasteiger charge is 2.58. The van der Waals surface area contributed by atoms with E-state index >= 15 is 13.2 Å². The van der Waals surface area contributed by atoms with E-state index < -0.39 is 60.2 Å². The third kappa shape index (κ3) is 9.01. The lowest BCUT2D eigenvalue weighted by molar-refractivity contribution is -0.202. The minimum absolute atomic E-state index is 0.0202. The van der Waals surface area contributed by atoms with Crippen LogP contribution in [0.1, 0.15) is 46.3 Å². The summed E-state index contributed by atoms with van der Waals surface area (Å²) in [4.78, 5) is 39.4. The molecule has 0 bridgehead atoms. The highest BCUT2D eigenvalue weighted by Crippen LogP contribution is 2.43. The number of tetrazole rings is 1. The van der Waals surface area contributed by atoms with Crippen LogP contribution in [0.2, 0.25) is 0 Å². The number of nitrogens with zero attached hydrogens (tertiary/aromatic N) is 4. The first-order valence-corrected chi connectivity index (χ1v) is 14.5. The van der Waals surface area contributed by atoms with Crippen molar-refractivity contribution in [2.45, 2.75) is 57.2 Å². The summed E-state index contributed by atoms with van der Waals surface area (Å²) >= 11 is 0. The minimum Gasteiger partial charge on any atom is -0.497 e. The standard InChI is InChI=1S/C32H31F6N5O5/c1-21-4-8-23(9-5-21)27(44)18-30(32(36,37)38,24-10-14-26(15-11-24)48-17-3-16-31(33,34)35)39-28(45)20-43-29(46)42(40-41-43)19-22-6-12-25(47-2)13-7-22/h4-15H,3,16-20H2,1-2H3,(H,39,45)/t30-/m0/s1. The maximum absolute atomic E-state index is 15.1. The molecule has 1 heterocycles. The molecule has 0 aliphatic heterocycles. The fraction of sp³-hybridized carbons (Fsp3) is 0.344. The normalized spacial score (nSPS) is 13.1. The van der Waals surface area contributed by atoms with Crippen LogP contribution >= 0.6 is 0 Å². The average Bonchev–Trinajstić information content (AvgIpc) is 3.36. The molecule has 0 unspecified atom stereocenters. The van der Waals surface area contributed by atoms with Crippen LogP contribution in [0.5, 0.6) is 11.5 Å². The molecule has 256 valence electrons. The molecule has 16 heteroatoms. The van der Waals surface area contributed by atoms with Crippen LogP contribution in [0.25, 0.3) is 0 Å². The largest absolute Gasteiger partial charge is 0.497 e. The molecule has 1 atom stereocenters. The molecule has 4 rings (SSSR count). The van der Waals surface area contributed by atoms with Gasteiger partial charge in [-0.2, -0.15) is 35.7 Å². The zero-order valence-corrected chi connectivity index (χ0v) is 25.8. The molecule has 1 aromatic heterocycles. The van der Waals surface area contributed by atoms with Gasteiger partial charge >= 0.3 is 18.0 Å². The number of halogens is 6. The van der Waals surface area contributed by atoms with Crippen molar-refractivity contribution >= 4 is 11.7 Å². The lowest BCUT2D eigenvalue weighted by Gasteiger charge is -2.36. The molecule has 3 aromatic carbocycles. The minimum atomic E-state index is -5.25. The van der Waals surface area contributed by atoms with E-state index in [1.54, 1.807) is 43.3 Å². The van der Waals surface area contributed by atoms with Gasteiger partial charge in [-0.25, -0.2) is 4.79 Å². The predicted molar refractivity (Wildman–Crippen MR) is 160 cm³/mol. The molecule has 1 amide bonds. The topological polar surface area (TPSA) is 117 Å². The van der Waals surface area contributed by atoms with Crippen LogP contribution in [0.15, 0.2) is 77.6 Å². The van der Waals surface area contributed by atoms with E-state index in [2.05, 4.69) is 10.4 Å². The average molecular weight is 680 g/mol. The van der Waals surface area contributed by atoms with E-state index in [0.717, 1.165) is 34.5 Å². The van der Waals surface area contributed by atoms with Crippen molar-refractivity contribution in [3.63, 3.8) is 0 Å². The fourth-order valence-electron chi connectivity index (χ4n) is 4.76. The number of benzene rings is 3. The van der Waals surface area contributed by atoms with Crippen LogP contribution in [-0.2, 0) is 23.4 Å². The second-order valence-corrected chi connectivity index (χ2v) is 10.9. The Morgan fingerprint density at radius 1 is 0.833 bits per heavy atom. The number of hydrogen-bond acceptors (Lipinski definition) is 7. The molecule has 0 aliphatic rings. The Bertz CT molecular complexity index is 1750. The molecule has 0 saturated carbocycles. The smallest absolute Gasteiger partial charge is 0.416 e. The van der Waals surface area contributed by atoms with Gasteiger partial charge in [-0.1, -0.05) is 54.1 Å². The Balaban J connectivity index is 1.61. The Morgan fingerprint density at radius 3 is 2.02 bits per heavy atom. The predicted octanol–water partition coefficient (Wildman–Crippen LogP) is 5.37. The quantitative estimate of drug-likeness (QED) is 0.108.